The number of ketones is 1. The predicted molar refractivity (Wildman–Crippen MR) is 95.0 cm³/mol. The molecular formula is C19H19N3O5. The molecule has 1 saturated heterocycles. The number of aromatic amines is 1. The van der Waals surface area contributed by atoms with Gasteiger partial charge in [0.25, 0.3) is 5.91 Å². The highest BCUT2D eigenvalue weighted by Crippen LogP contribution is 2.34. The van der Waals surface area contributed by atoms with Crippen molar-refractivity contribution in [3.63, 3.8) is 0 Å². The van der Waals surface area contributed by atoms with Gasteiger partial charge in [0.1, 0.15) is 12.1 Å². The van der Waals surface area contributed by atoms with Gasteiger partial charge < -0.3 is 15.0 Å². The first kappa shape index (κ1) is 17.3. The van der Waals surface area contributed by atoms with Gasteiger partial charge >= 0.3 is 12.0 Å². The maximum Gasteiger partial charge on any atom is 0.326 e. The summed E-state index contributed by atoms with van der Waals surface area (Å²) in [5.74, 6) is -1.53. The Bertz CT molecular complexity index is 942. The minimum Gasteiger partial charge on any atom is -0.456 e. The number of H-pyrrole nitrogens is 1. The van der Waals surface area contributed by atoms with E-state index in [0.717, 1.165) is 28.6 Å². The molecule has 0 bridgehead atoms. The Balaban J connectivity index is 1.36. The van der Waals surface area contributed by atoms with Crippen molar-refractivity contribution in [2.45, 2.75) is 31.2 Å². The molecule has 8 nitrogen and oxygen atoms in total. The third-order valence-corrected chi connectivity index (χ3v) is 5.24. The lowest BCUT2D eigenvalue weighted by atomic mass is 9.98. The van der Waals surface area contributed by atoms with Gasteiger partial charge in [0.2, 0.25) is 5.78 Å². The fourth-order valence-electron chi connectivity index (χ4n) is 3.84. The lowest BCUT2D eigenvalue weighted by molar-refractivity contribution is -0.146. The number of imide groups is 1. The highest BCUT2D eigenvalue weighted by molar-refractivity contribution is 6.10. The Labute approximate surface area is 154 Å². The average Bonchev–Trinajstić information content (AvgIpc) is 3.35. The van der Waals surface area contributed by atoms with E-state index >= 15 is 0 Å². The molecule has 3 amide bonds. The number of urea groups is 1. The fourth-order valence-corrected chi connectivity index (χ4v) is 3.84. The molecule has 4 rings (SSSR count). The number of rotatable bonds is 5. The molecule has 0 radical (unpaired) electrons. The second-order valence-electron chi connectivity index (χ2n) is 6.94. The van der Waals surface area contributed by atoms with Crippen molar-refractivity contribution in [3.8, 4) is 0 Å². The smallest absolute Gasteiger partial charge is 0.326 e. The normalized spacial score (nSPS) is 18.3. The number of esters is 1. The van der Waals surface area contributed by atoms with Crippen molar-refractivity contribution < 1.29 is 23.9 Å². The van der Waals surface area contributed by atoms with E-state index in [9.17, 15) is 19.2 Å². The SMILES string of the molecule is O=C(CN1C(=O)NC2(CCCC2)C1=O)OCC(=O)c1c[nH]c2ccccc12. The second kappa shape index (κ2) is 6.53. The minimum atomic E-state index is -0.864. The Morgan fingerprint density at radius 1 is 1.15 bits per heavy atom. The quantitative estimate of drug-likeness (QED) is 0.474. The first-order valence-electron chi connectivity index (χ1n) is 8.89. The standard InChI is InChI=1S/C19H19N3O5/c23-15(13-9-20-14-6-2-1-5-12(13)14)11-27-16(24)10-22-17(25)19(21-18(22)26)7-3-4-8-19/h1-2,5-6,9,20H,3-4,7-8,10-11H2,(H,21,26). The van der Waals surface area contributed by atoms with E-state index < -0.39 is 30.7 Å². The van der Waals surface area contributed by atoms with Crippen LogP contribution in [0.2, 0.25) is 0 Å². The number of ether oxygens (including phenoxy) is 1. The van der Waals surface area contributed by atoms with Gasteiger partial charge in [-0.25, -0.2) is 4.79 Å². The third kappa shape index (κ3) is 2.97. The summed E-state index contributed by atoms with van der Waals surface area (Å²) >= 11 is 0. The van der Waals surface area contributed by atoms with E-state index in [1.54, 1.807) is 12.3 Å². The van der Waals surface area contributed by atoms with Gasteiger partial charge in [0.05, 0.1) is 0 Å². The van der Waals surface area contributed by atoms with E-state index in [1.807, 2.05) is 18.2 Å². The molecular weight excluding hydrogens is 350 g/mol. The first-order valence-corrected chi connectivity index (χ1v) is 8.89. The van der Waals surface area contributed by atoms with Crippen molar-refractivity contribution in [2.75, 3.05) is 13.2 Å². The van der Waals surface area contributed by atoms with Crippen LogP contribution < -0.4 is 5.32 Å². The number of carbonyl (C=O) groups excluding carboxylic acids is 4. The Morgan fingerprint density at radius 2 is 1.89 bits per heavy atom. The Kier molecular flexibility index (Phi) is 4.18. The van der Waals surface area contributed by atoms with E-state index in [4.69, 9.17) is 4.74 Å². The molecule has 8 heteroatoms. The maximum absolute atomic E-state index is 12.5. The summed E-state index contributed by atoms with van der Waals surface area (Å²) < 4.78 is 5.01. The molecule has 1 aliphatic carbocycles. The molecule has 0 atom stereocenters. The molecule has 2 heterocycles. The summed E-state index contributed by atoms with van der Waals surface area (Å²) in [7, 11) is 0. The zero-order chi connectivity index (χ0) is 19.0. The van der Waals surface area contributed by atoms with Crippen LogP contribution in [0.3, 0.4) is 0 Å². The van der Waals surface area contributed by atoms with Crippen molar-refractivity contribution in [2.24, 2.45) is 0 Å². The molecule has 0 unspecified atom stereocenters. The number of amides is 3. The number of fused-ring (bicyclic) bond motifs is 1. The topological polar surface area (TPSA) is 109 Å². The number of carbonyl (C=O) groups is 4. The van der Waals surface area contributed by atoms with Crippen molar-refractivity contribution in [1.82, 2.24) is 15.2 Å². The molecule has 140 valence electrons. The lowest BCUT2D eigenvalue weighted by Gasteiger charge is -2.19. The summed E-state index contributed by atoms with van der Waals surface area (Å²) in [4.78, 5) is 52.9. The summed E-state index contributed by atoms with van der Waals surface area (Å²) in [5, 5.41) is 3.45. The number of Topliss-reactive ketones (excluding diaryl/α,β-unsaturated/α-hetero) is 1. The monoisotopic (exact) mass is 369 g/mol. The number of aromatic nitrogens is 1. The predicted octanol–water partition coefficient (Wildman–Crippen LogP) is 1.76. The highest BCUT2D eigenvalue weighted by Gasteiger charge is 2.52. The zero-order valence-corrected chi connectivity index (χ0v) is 14.6. The van der Waals surface area contributed by atoms with Crippen LogP contribution in [0.4, 0.5) is 4.79 Å². The summed E-state index contributed by atoms with van der Waals surface area (Å²) in [6.07, 6.45) is 4.47. The van der Waals surface area contributed by atoms with E-state index in [1.165, 1.54) is 0 Å². The van der Waals surface area contributed by atoms with Crippen molar-refractivity contribution >= 4 is 34.6 Å². The summed E-state index contributed by atoms with van der Waals surface area (Å²) in [5.41, 5.74) is 0.378. The first-order chi connectivity index (χ1) is 13.0. The minimum absolute atomic E-state index is 0.356. The van der Waals surface area contributed by atoms with Crippen LogP contribution in [-0.2, 0) is 14.3 Å². The van der Waals surface area contributed by atoms with Crippen LogP contribution in [0.5, 0.6) is 0 Å². The molecule has 1 aliphatic heterocycles. The Morgan fingerprint density at radius 3 is 2.67 bits per heavy atom. The van der Waals surface area contributed by atoms with Crippen LogP contribution in [0.1, 0.15) is 36.0 Å². The van der Waals surface area contributed by atoms with E-state index in [-0.39, 0.29) is 11.7 Å². The highest BCUT2D eigenvalue weighted by atomic mass is 16.5. The molecule has 1 saturated carbocycles. The van der Waals surface area contributed by atoms with Crippen LogP contribution in [0.25, 0.3) is 10.9 Å². The van der Waals surface area contributed by atoms with E-state index in [2.05, 4.69) is 10.3 Å². The number of hydrogen-bond acceptors (Lipinski definition) is 5. The lowest BCUT2D eigenvalue weighted by Crippen LogP contribution is -2.44. The molecule has 1 spiro atoms. The summed E-state index contributed by atoms with van der Waals surface area (Å²) in [6, 6.07) is 6.73. The second-order valence-corrected chi connectivity index (χ2v) is 6.94. The van der Waals surface area contributed by atoms with E-state index in [0.29, 0.717) is 18.4 Å². The largest absolute Gasteiger partial charge is 0.456 e. The number of nitrogens with one attached hydrogen (secondary N) is 2. The van der Waals surface area contributed by atoms with Crippen LogP contribution in [-0.4, -0.2) is 52.3 Å². The summed E-state index contributed by atoms with van der Waals surface area (Å²) in [6.45, 7) is -0.941. The number of benzene rings is 1. The number of para-hydroxylation sites is 1. The maximum atomic E-state index is 12.5. The van der Waals surface area contributed by atoms with Crippen LogP contribution >= 0.6 is 0 Å². The molecule has 1 aromatic carbocycles. The molecule has 2 N–H and O–H groups in total. The average molecular weight is 369 g/mol. The van der Waals surface area contributed by atoms with Gasteiger partial charge in [-0.1, -0.05) is 31.0 Å². The van der Waals surface area contributed by atoms with Crippen LogP contribution in [0.15, 0.2) is 30.5 Å². The van der Waals surface area contributed by atoms with Crippen LogP contribution in [0, 0.1) is 0 Å². The van der Waals surface area contributed by atoms with Gasteiger partial charge in [-0.2, -0.15) is 0 Å². The molecule has 2 fully saturated rings. The molecule has 2 aliphatic rings. The van der Waals surface area contributed by atoms with Gasteiger partial charge in [0.15, 0.2) is 6.61 Å². The van der Waals surface area contributed by atoms with Crippen molar-refractivity contribution in [3.05, 3.63) is 36.0 Å². The zero-order valence-electron chi connectivity index (χ0n) is 14.6. The molecule has 27 heavy (non-hydrogen) atoms. The van der Waals surface area contributed by atoms with Gasteiger partial charge in [-0.15, -0.1) is 0 Å². The van der Waals surface area contributed by atoms with Gasteiger partial charge in [0, 0.05) is 22.7 Å². The van der Waals surface area contributed by atoms with Gasteiger partial charge in [-0.05, 0) is 18.9 Å². The van der Waals surface area contributed by atoms with Gasteiger partial charge in [-0.3, -0.25) is 19.3 Å². The fraction of sp³-hybridized carbons (Fsp3) is 0.368. The molecule has 2 aromatic rings. The van der Waals surface area contributed by atoms with Crippen molar-refractivity contribution in [1.29, 1.82) is 0 Å². The number of hydrogen-bond donors (Lipinski definition) is 2. The Hall–Kier alpha value is -3.16. The third-order valence-electron chi connectivity index (χ3n) is 5.24. The number of nitrogens with zero attached hydrogens (tertiary/aromatic N) is 1. The molecule has 1 aromatic heterocycles.